The van der Waals surface area contributed by atoms with E-state index in [1.165, 1.54) is 6.33 Å². The average molecular weight is 383 g/mol. The molecule has 1 N–H and O–H groups in total. The summed E-state index contributed by atoms with van der Waals surface area (Å²) in [5.41, 5.74) is 2.87. The minimum Gasteiger partial charge on any atom is -0.350 e. The molecule has 1 aliphatic rings. The standard InChI is InChI=1S/C21H29N5O2/c1-15-7-8-17(26-14-22-13-24-26)16(10-15)12-23-20(28)18-6-5-9-25(18)19(27)11-21(2,3)4/h7-8,10,13-14,18H,5-6,9,11-12H2,1-4H3,(H,23,28). The highest BCUT2D eigenvalue weighted by Crippen LogP contribution is 2.25. The van der Waals surface area contributed by atoms with Crippen LogP contribution in [0, 0.1) is 12.3 Å². The van der Waals surface area contributed by atoms with Gasteiger partial charge in [-0.15, -0.1) is 0 Å². The van der Waals surface area contributed by atoms with Crippen LogP contribution in [-0.4, -0.2) is 44.1 Å². The molecule has 1 aromatic carbocycles. The predicted octanol–water partition coefficient (Wildman–Crippen LogP) is 2.62. The van der Waals surface area contributed by atoms with Crippen LogP contribution in [0.15, 0.2) is 30.9 Å². The molecule has 1 aromatic heterocycles. The second kappa shape index (κ2) is 8.12. The summed E-state index contributed by atoms with van der Waals surface area (Å²) in [6, 6.07) is 5.63. The molecule has 1 unspecified atom stereocenters. The Labute approximate surface area is 166 Å². The number of amides is 2. The average Bonchev–Trinajstić information content (AvgIpc) is 3.29. The molecule has 2 aromatic rings. The Bertz CT molecular complexity index is 839. The molecule has 0 saturated carbocycles. The summed E-state index contributed by atoms with van der Waals surface area (Å²) in [4.78, 5) is 31.2. The van der Waals surface area contributed by atoms with Gasteiger partial charge in [-0.3, -0.25) is 9.59 Å². The molecular weight excluding hydrogens is 354 g/mol. The molecule has 7 heteroatoms. The lowest BCUT2D eigenvalue weighted by atomic mass is 9.91. The Kier molecular flexibility index (Phi) is 5.82. The fourth-order valence-corrected chi connectivity index (χ4v) is 3.61. The molecule has 28 heavy (non-hydrogen) atoms. The molecule has 1 aliphatic heterocycles. The maximum absolute atomic E-state index is 12.8. The Morgan fingerprint density at radius 1 is 1.29 bits per heavy atom. The van der Waals surface area contributed by atoms with E-state index < -0.39 is 0 Å². The van der Waals surface area contributed by atoms with E-state index in [0.717, 1.165) is 23.2 Å². The fourth-order valence-electron chi connectivity index (χ4n) is 3.61. The third-order valence-electron chi connectivity index (χ3n) is 4.91. The molecule has 7 nitrogen and oxygen atoms in total. The van der Waals surface area contributed by atoms with E-state index in [1.807, 2.05) is 45.9 Å². The van der Waals surface area contributed by atoms with Gasteiger partial charge in [0.15, 0.2) is 0 Å². The number of aryl methyl sites for hydroxylation is 1. The van der Waals surface area contributed by atoms with Crippen molar-refractivity contribution in [2.24, 2.45) is 5.41 Å². The molecule has 2 amide bonds. The topological polar surface area (TPSA) is 80.1 Å². The van der Waals surface area contributed by atoms with Gasteiger partial charge in [-0.25, -0.2) is 9.67 Å². The number of benzene rings is 1. The maximum Gasteiger partial charge on any atom is 0.243 e. The summed E-state index contributed by atoms with van der Waals surface area (Å²) in [7, 11) is 0. The van der Waals surface area contributed by atoms with Crippen LogP contribution in [0.25, 0.3) is 5.69 Å². The minimum atomic E-state index is -0.380. The highest BCUT2D eigenvalue weighted by molar-refractivity contribution is 5.88. The van der Waals surface area contributed by atoms with Crippen molar-refractivity contribution >= 4 is 11.8 Å². The lowest BCUT2D eigenvalue weighted by molar-refractivity contribution is -0.139. The molecule has 0 radical (unpaired) electrons. The number of hydrogen-bond donors (Lipinski definition) is 1. The molecule has 3 rings (SSSR count). The Hall–Kier alpha value is -2.70. The number of aromatic nitrogens is 3. The van der Waals surface area contributed by atoms with Crippen LogP contribution in [0.2, 0.25) is 0 Å². The summed E-state index contributed by atoms with van der Waals surface area (Å²) in [5, 5.41) is 7.21. The molecule has 150 valence electrons. The summed E-state index contributed by atoms with van der Waals surface area (Å²) in [6.45, 7) is 9.17. The summed E-state index contributed by atoms with van der Waals surface area (Å²) in [6.07, 6.45) is 5.15. The number of carbonyl (C=O) groups excluding carboxylic acids is 2. The van der Waals surface area contributed by atoms with Crippen molar-refractivity contribution < 1.29 is 9.59 Å². The lowest BCUT2D eigenvalue weighted by Gasteiger charge is -2.27. The summed E-state index contributed by atoms with van der Waals surface area (Å²) < 4.78 is 1.69. The van der Waals surface area contributed by atoms with E-state index in [-0.39, 0.29) is 23.3 Å². The van der Waals surface area contributed by atoms with Crippen LogP contribution in [0.3, 0.4) is 0 Å². The minimum absolute atomic E-state index is 0.0593. The molecule has 1 fully saturated rings. The van der Waals surface area contributed by atoms with Crippen LogP contribution in [0.4, 0.5) is 0 Å². The number of likely N-dealkylation sites (tertiary alicyclic amines) is 1. The quantitative estimate of drug-likeness (QED) is 0.861. The van der Waals surface area contributed by atoms with E-state index in [2.05, 4.69) is 15.4 Å². The first-order valence-electron chi connectivity index (χ1n) is 9.76. The van der Waals surface area contributed by atoms with E-state index in [9.17, 15) is 9.59 Å². The van der Waals surface area contributed by atoms with Crippen LogP contribution >= 0.6 is 0 Å². The Morgan fingerprint density at radius 3 is 2.75 bits per heavy atom. The second-order valence-corrected chi connectivity index (χ2v) is 8.67. The van der Waals surface area contributed by atoms with Crippen LogP contribution in [0.1, 0.15) is 51.2 Å². The first kappa shape index (κ1) is 20.0. The van der Waals surface area contributed by atoms with Crippen LogP contribution < -0.4 is 5.32 Å². The van der Waals surface area contributed by atoms with Crippen molar-refractivity contribution in [3.05, 3.63) is 42.0 Å². The number of rotatable bonds is 5. The summed E-state index contributed by atoms with van der Waals surface area (Å²) in [5.74, 6) is -0.0326. The van der Waals surface area contributed by atoms with E-state index in [4.69, 9.17) is 0 Å². The zero-order valence-electron chi connectivity index (χ0n) is 17.1. The molecule has 0 aliphatic carbocycles. The fraction of sp³-hybridized carbons (Fsp3) is 0.524. The number of carbonyl (C=O) groups is 2. The Morgan fingerprint density at radius 2 is 2.07 bits per heavy atom. The molecule has 1 atom stereocenters. The van der Waals surface area contributed by atoms with Gasteiger partial charge in [0.05, 0.1) is 5.69 Å². The van der Waals surface area contributed by atoms with Crippen LogP contribution in [0.5, 0.6) is 0 Å². The van der Waals surface area contributed by atoms with E-state index >= 15 is 0 Å². The zero-order chi connectivity index (χ0) is 20.3. The van der Waals surface area contributed by atoms with E-state index in [1.54, 1.807) is 15.9 Å². The van der Waals surface area contributed by atoms with Crippen LogP contribution in [-0.2, 0) is 16.1 Å². The highest BCUT2D eigenvalue weighted by Gasteiger charge is 2.35. The maximum atomic E-state index is 12.8. The monoisotopic (exact) mass is 383 g/mol. The number of nitrogens with zero attached hydrogens (tertiary/aromatic N) is 4. The van der Waals surface area contributed by atoms with Gasteiger partial charge in [0.2, 0.25) is 11.8 Å². The van der Waals surface area contributed by atoms with Gasteiger partial charge in [-0.05, 0) is 36.8 Å². The smallest absolute Gasteiger partial charge is 0.243 e. The Balaban J connectivity index is 1.69. The van der Waals surface area contributed by atoms with Gasteiger partial charge in [-0.1, -0.05) is 38.5 Å². The molecule has 1 saturated heterocycles. The van der Waals surface area contributed by atoms with Gasteiger partial charge in [-0.2, -0.15) is 5.10 Å². The van der Waals surface area contributed by atoms with Crippen molar-refractivity contribution in [1.29, 1.82) is 0 Å². The summed E-state index contributed by atoms with van der Waals surface area (Å²) >= 11 is 0. The van der Waals surface area contributed by atoms with Crippen molar-refractivity contribution in [1.82, 2.24) is 25.0 Å². The van der Waals surface area contributed by atoms with Gasteiger partial charge in [0, 0.05) is 19.5 Å². The van der Waals surface area contributed by atoms with Gasteiger partial charge < -0.3 is 10.2 Å². The van der Waals surface area contributed by atoms with E-state index in [0.29, 0.717) is 25.9 Å². The number of nitrogens with one attached hydrogen (secondary N) is 1. The van der Waals surface area contributed by atoms with Gasteiger partial charge in [0.25, 0.3) is 0 Å². The molecule has 2 heterocycles. The van der Waals surface area contributed by atoms with Crippen molar-refractivity contribution in [3.8, 4) is 5.69 Å². The number of hydrogen-bond acceptors (Lipinski definition) is 4. The first-order valence-corrected chi connectivity index (χ1v) is 9.76. The SMILES string of the molecule is Cc1ccc(-n2cncn2)c(CNC(=O)C2CCCN2C(=O)CC(C)(C)C)c1. The second-order valence-electron chi connectivity index (χ2n) is 8.67. The lowest BCUT2D eigenvalue weighted by Crippen LogP contribution is -2.46. The van der Waals surface area contributed by atoms with Crippen molar-refractivity contribution in [3.63, 3.8) is 0 Å². The largest absolute Gasteiger partial charge is 0.350 e. The van der Waals surface area contributed by atoms with Crippen molar-refractivity contribution in [2.45, 2.75) is 59.5 Å². The predicted molar refractivity (Wildman–Crippen MR) is 107 cm³/mol. The zero-order valence-corrected chi connectivity index (χ0v) is 17.1. The van der Waals surface area contributed by atoms with Gasteiger partial charge in [0.1, 0.15) is 18.7 Å². The normalized spacial score (nSPS) is 17.0. The van der Waals surface area contributed by atoms with Crippen molar-refractivity contribution in [2.75, 3.05) is 6.54 Å². The molecule has 0 spiro atoms. The highest BCUT2D eigenvalue weighted by atomic mass is 16.2. The molecular formula is C21H29N5O2. The molecule has 0 bridgehead atoms. The third kappa shape index (κ3) is 4.77. The third-order valence-corrected chi connectivity index (χ3v) is 4.91. The van der Waals surface area contributed by atoms with Gasteiger partial charge >= 0.3 is 0 Å². The first-order chi connectivity index (χ1) is 13.2.